The molecule has 2 fully saturated rings. The molecule has 1 aliphatic carbocycles. The summed E-state index contributed by atoms with van der Waals surface area (Å²) in [6.45, 7) is 1.53. The number of likely N-dealkylation sites (tertiary alicyclic amines) is 1. The van der Waals surface area contributed by atoms with Crippen LogP contribution < -0.4 is 5.73 Å². The quantitative estimate of drug-likeness (QED) is 0.764. The molecule has 4 nitrogen and oxygen atoms in total. The number of methoxy groups -OCH3 is 1. The molecule has 0 radical (unpaired) electrons. The van der Waals surface area contributed by atoms with Crippen molar-refractivity contribution in [1.82, 2.24) is 4.90 Å². The van der Waals surface area contributed by atoms with Crippen LogP contribution in [0.2, 0.25) is 0 Å². The van der Waals surface area contributed by atoms with E-state index in [1.807, 2.05) is 4.90 Å². The zero-order valence-electron chi connectivity index (χ0n) is 9.32. The first kappa shape index (κ1) is 10.7. The fraction of sp³-hybridized carbons (Fsp3) is 0.909. The van der Waals surface area contributed by atoms with Gasteiger partial charge in [-0.2, -0.15) is 0 Å². The summed E-state index contributed by atoms with van der Waals surface area (Å²) in [5.41, 5.74) is 5.82. The van der Waals surface area contributed by atoms with Crippen molar-refractivity contribution in [2.24, 2.45) is 17.6 Å². The van der Waals surface area contributed by atoms with E-state index in [1.165, 1.54) is 26.4 Å². The standard InChI is InChI=1S/C11H20N2O2/c1-15-11(14)13-6-5-10(13)9(7-12)8-3-2-4-8/h8-10H,2-7,12H2,1H3. The van der Waals surface area contributed by atoms with Crippen LogP contribution in [-0.4, -0.2) is 37.2 Å². The lowest BCUT2D eigenvalue weighted by Gasteiger charge is -2.48. The van der Waals surface area contributed by atoms with Gasteiger partial charge in [-0.15, -0.1) is 0 Å². The number of carbonyl (C=O) groups excluding carboxylic acids is 1. The van der Waals surface area contributed by atoms with Gasteiger partial charge in [0.15, 0.2) is 0 Å². The van der Waals surface area contributed by atoms with Crippen LogP contribution in [0.3, 0.4) is 0 Å². The maximum absolute atomic E-state index is 11.4. The lowest BCUT2D eigenvalue weighted by Crippen LogP contribution is -2.58. The maximum Gasteiger partial charge on any atom is 0.409 e. The van der Waals surface area contributed by atoms with Gasteiger partial charge in [0.25, 0.3) is 0 Å². The van der Waals surface area contributed by atoms with Gasteiger partial charge in [-0.05, 0) is 24.8 Å². The van der Waals surface area contributed by atoms with Crippen molar-refractivity contribution in [3.05, 3.63) is 0 Å². The second-order valence-corrected chi connectivity index (χ2v) is 4.61. The van der Waals surface area contributed by atoms with Gasteiger partial charge in [-0.3, -0.25) is 0 Å². The Hall–Kier alpha value is -0.770. The second-order valence-electron chi connectivity index (χ2n) is 4.61. The van der Waals surface area contributed by atoms with Crippen molar-refractivity contribution in [3.8, 4) is 0 Å². The molecule has 0 aromatic heterocycles. The van der Waals surface area contributed by atoms with E-state index in [1.54, 1.807) is 0 Å². The SMILES string of the molecule is COC(=O)N1CCC1C(CN)C1CCC1. The highest BCUT2D eigenvalue weighted by Crippen LogP contribution is 2.39. The normalized spacial score (nSPS) is 27.9. The number of ether oxygens (including phenoxy) is 1. The van der Waals surface area contributed by atoms with Crippen molar-refractivity contribution in [3.63, 3.8) is 0 Å². The minimum absolute atomic E-state index is 0.191. The predicted octanol–water partition coefficient (Wildman–Crippen LogP) is 1.20. The molecule has 4 heteroatoms. The molecule has 0 aromatic carbocycles. The van der Waals surface area contributed by atoms with Gasteiger partial charge in [-0.25, -0.2) is 4.79 Å². The van der Waals surface area contributed by atoms with Crippen LogP contribution >= 0.6 is 0 Å². The number of nitrogens with zero attached hydrogens (tertiary/aromatic N) is 1. The van der Waals surface area contributed by atoms with Crippen molar-refractivity contribution in [1.29, 1.82) is 0 Å². The van der Waals surface area contributed by atoms with E-state index >= 15 is 0 Å². The molecule has 1 heterocycles. The van der Waals surface area contributed by atoms with Gasteiger partial charge < -0.3 is 15.4 Å². The van der Waals surface area contributed by atoms with Gasteiger partial charge >= 0.3 is 6.09 Å². The second kappa shape index (κ2) is 4.39. The average Bonchev–Trinajstić information content (AvgIpc) is 2.11. The molecule has 2 aliphatic rings. The Labute approximate surface area is 90.8 Å². The van der Waals surface area contributed by atoms with Crippen LogP contribution in [0, 0.1) is 11.8 Å². The van der Waals surface area contributed by atoms with Crippen molar-refractivity contribution in [2.75, 3.05) is 20.2 Å². The Morgan fingerprint density at radius 2 is 2.27 bits per heavy atom. The van der Waals surface area contributed by atoms with Crippen molar-refractivity contribution < 1.29 is 9.53 Å². The zero-order chi connectivity index (χ0) is 10.8. The van der Waals surface area contributed by atoms with Gasteiger partial charge in [0.2, 0.25) is 0 Å². The third-order valence-corrected chi connectivity index (χ3v) is 4.00. The smallest absolute Gasteiger partial charge is 0.409 e. The number of hydrogen-bond donors (Lipinski definition) is 1. The van der Waals surface area contributed by atoms with Crippen LogP contribution in [0.4, 0.5) is 4.79 Å². The Morgan fingerprint density at radius 3 is 2.60 bits per heavy atom. The lowest BCUT2D eigenvalue weighted by atomic mass is 9.70. The molecule has 2 N–H and O–H groups in total. The van der Waals surface area contributed by atoms with Crippen molar-refractivity contribution >= 4 is 6.09 Å². The Kier molecular flexibility index (Phi) is 3.14. The number of rotatable bonds is 3. The van der Waals surface area contributed by atoms with Crippen LogP contribution in [0.25, 0.3) is 0 Å². The highest BCUT2D eigenvalue weighted by Gasteiger charge is 2.42. The zero-order valence-corrected chi connectivity index (χ0v) is 9.32. The Morgan fingerprint density at radius 1 is 1.53 bits per heavy atom. The Balaban J connectivity index is 1.93. The third-order valence-electron chi connectivity index (χ3n) is 4.00. The summed E-state index contributed by atoms with van der Waals surface area (Å²) < 4.78 is 4.76. The van der Waals surface area contributed by atoms with Gasteiger partial charge in [0.05, 0.1) is 7.11 Å². The molecule has 15 heavy (non-hydrogen) atoms. The molecule has 2 rings (SSSR count). The first-order valence-electron chi connectivity index (χ1n) is 5.82. The molecule has 86 valence electrons. The highest BCUT2D eigenvalue weighted by molar-refractivity contribution is 5.68. The number of nitrogens with two attached hydrogens (primary N) is 1. The van der Waals surface area contributed by atoms with Crippen LogP contribution in [0.1, 0.15) is 25.7 Å². The average molecular weight is 212 g/mol. The fourth-order valence-electron chi connectivity index (χ4n) is 2.73. The largest absolute Gasteiger partial charge is 0.453 e. The molecular formula is C11H20N2O2. The third kappa shape index (κ3) is 1.83. The summed E-state index contributed by atoms with van der Waals surface area (Å²) >= 11 is 0. The van der Waals surface area contributed by atoms with E-state index in [9.17, 15) is 4.79 Å². The van der Waals surface area contributed by atoms with Gasteiger partial charge in [-0.1, -0.05) is 19.3 Å². The molecule has 1 saturated heterocycles. The van der Waals surface area contributed by atoms with E-state index in [0.717, 1.165) is 18.9 Å². The molecule has 0 bridgehead atoms. The maximum atomic E-state index is 11.4. The summed E-state index contributed by atoms with van der Waals surface area (Å²) in [5.74, 6) is 1.24. The van der Waals surface area contributed by atoms with Crippen LogP contribution in [0.15, 0.2) is 0 Å². The van der Waals surface area contributed by atoms with E-state index in [-0.39, 0.29) is 6.09 Å². The molecule has 2 atom stereocenters. The molecular weight excluding hydrogens is 192 g/mol. The van der Waals surface area contributed by atoms with E-state index in [0.29, 0.717) is 18.5 Å². The van der Waals surface area contributed by atoms with Gasteiger partial charge in [0, 0.05) is 12.6 Å². The Bertz CT molecular complexity index is 241. The summed E-state index contributed by atoms with van der Waals surface area (Å²) in [6, 6.07) is 0.341. The topological polar surface area (TPSA) is 55.6 Å². The fourth-order valence-corrected chi connectivity index (χ4v) is 2.73. The first-order chi connectivity index (χ1) is 7.27. The predicted molar refractivity (Wildman–Crippen MR) is 57.4 cm³/mol. The first-order valence-corrected chi connectivity index (χ1v) is 5.82. The minimum Gasteiger partial charge on any atom is -0.453 e. The molecule has 1 aliphatic heterocycles. The lowest BCUT2D eigenvalue weighted by molar-refractivity contribution is 0.00838. The summed E-state index contributed by atoms with van der Waals surface area (Å²) in [5, 5.41) is 0. The summed E-state index contributed by atoms with van der Waals surface area (Å²) in [7, 11) is 1.44. The molecule has 0 aromatic rings. The summed E-state index contributed by atoms with van der Waals surface area (Å²) in [6.07, 6.45) is 4.80. The molecule has 2 unspecified atom stereocenters. The van der Waals surface area contributed by atoms with E-state index in [2.05, 4.69) is 0 Å². The minimum atomic E-state index is -0.191. The van der Waals surface area contributed by atoms with Gasteiger partial charge in [0.1, 0.15) is 0 Å². The van der Waals surface area contributed by atoms with E-state index in [4.69, 9.17) is 10.5 Å². The molecule has 1 amide bonds. The highest BCUT2D eigenvalue weighted by atomic mass is 16.5. The number of amides is 1. The van der Waals surface area contributed by atoms with Crippen molar-refractivity contribution in [2.45, 2.75) is 31.7 Å². The molecule has 0 spiro atoms. The van der Waals surface area contributed by atoms with E-state index < -0.39 is 0 Å². The number of carbonyl (C=O) groups is 1. The van der Waals surface area contributed by atoms with Crippen LogP contribution in [0.5, 0.6) is 0 Å². The monoisotopic (exact) mass is 212 g/mol. The summed E-state index contributed by atoms with van der Waals surface area (Å²) in [4.78, 5) is 13.2. The number of hydrogen-bond acceptors (Lipinski definition) is 3. The molecule has 1 saturated carbocycles. The van der Waals surface area contributed by atoms with Crippen LogP contribution in [-0.2, 0) is 4.74 Å².